The number of aromatic nitrogens is 2. The minimum absolute atomic E-state index is 0.0640. The molecule has 1 fully saturated rings. The van der Waals surface area contributed by atoms with Gasteiger partial charge in [-0.25, -0.2) is 23.1 Å². The Morgan fingerprint density at radius 1 is 0.893 bits per heavy atom. The molecular formula is C22H28F4N2. The maximum atomic E-state index is 13.2. The zero-order valence-corrected chi connectivity index (χ0v) is 16.5. The van der Waals surface area contributed by atoms with Gasteiger partial charge in [-0.2, -0.15) is 0 Å². The summed E-state index contributed by atoms with van der Waals surface area (Å²) in [5.41, 5.74) is 0.117. The highest BCUT2D eigenvalue weighted by Crippen LogP contribution is 2.33. The summed E-state index contributed by atoms with van der Waals surface area (Å²) in [4.78, 5) is 7.28. The molecule has 2 nitrogen and oxygen atoms in total. The maximum Gasteiger partial charge on any atom is 0.159 e. The molecule has 1 aliphatic rings. The lowest BCUT2D eigenvalue weighted by Gasteiger charge is -2.27. The Labute approximate surface area is 164 Å². The molecule has 0 N–H and O–H groups in total. The first-order chi connectivity index (χ1) is 13.4. The summed E-state index contributed by atoms with van der Waals surface area (Å²) in [6.07, 6.45) is 10.7. The van der Waals surface area contributed by atoms with Gasteiger partial charge in [0.2, 0.25) is 0 Å². The van der Waals surface area contributed by atoms with Crippen molar-refractivity contribution in [2.75, 3.05) is 6.67 Å². The molecule has 3 rings (SSSR count). The van der Waals surface area contributed by atoms with Crippen LogP contribution in [0, 0.1) is 36.2 Å². The summed E-state index contributed by atoms with van der Waals surface area (Å²) >= 11 is 0. The van der Waals surface area contributed by atoms with Gasteiger partial charge in [0.15, 0.2) is 11.6 Å². The van der Waals surface area contributed by atoms with E-state index < -0.39 is 17.5 Å². The molecule has 0 bridgehead atoms. The highest BCUT2D eigenvalue weighted by molar-refractivity contribution is 5.55. The third-order valence-corrected chi connectivity index (χ3v) is 5.34. The van der Waals surface area contributed by atoms with Crippen LogP contribution in [0.15, 0.2) is 24.5 Å². The molecule has 0 unspecified atom stereocenters. The van der Waals surface area contributed by atoms with Crippen molar-refractivity contribution in [3.63, 3.8) is 0 Å². The van der Waals surface area contributed by atoms with Crippen LogP contribution in [0.3, 0.4) is 0 Å². The number of benzene rings is 1. The Morgan fingerprint density at radius 2 is 1.39 bits per heavy atom. The van der Waals surface area contributed by atoms with Crippen LogP contribution in [0.2, 0.25) is 0 Å². The average Bonchev–Trinajstić information content (AvgIpc) is 2.69. The first-order valence-corrected chi connectivity index (χ1v) is 9.94. The van der Waals surface area contributed by atoms with E-state index in [4.69, 9.17) is 0 Å². The molecule has 2 aromatic rings. The van der Waals surface area contributed by atoms with E-state index in [9.17, 15) is 17.6 Å². The fourth-order valence-electron chi connectivity index (χ4n) is 3.61. The van der Waals surface area contributed by atoms with E-state index >= 15 is 0 Å². The largest absolute Gasteiger partial charge is 0.251 e. The first kappa shape index (κ1) is 22.3. The summed E-state index contributed by atoms with van der Waals surface area (Å²) in [5, 5.41) is 0. The molecule has 0 spiro atoms. The van der Waals surface area contributed by atoms with E-state index in [1.54, 1.807) is 0 Å². The summed E-state index contributed by atoms with van der Waals surface area (Å²) < 4.78 is 51.0. The van der Waals surface area contributed by atoms with E-state index in [0.717, 1.165) is 36.9 Å². The van der Waals surface area contributed by atoms with Crippen molar-refractivity contribution in [2.24, 2.45) is 11.8 Å². The minimum Gasteiger partial charge on any atom is -0.251 e. The molecule has 6 heteroatoms. The molecule has 0 aliphatic heterocycles. The zero-order chi connectivity index (χ0) is 20.5. The van der Waals surface area contributed by atoms with Gasteiger partial charge in [0.05, 0.1) is 19.1 Å². The number of rotatable bonds is 5. The number of nitrogens with zero attached hydrogens (tertiary/aromatic N) is 2. The highest BCUT2D eigenvalue weighted by Gasteiger charge is 2.19. The number of halogens is 4. The molecule has 154 valence electrons. The van der Waals surface area contributed by atoms with Crippen LogP contribution in [0.4, 0.5) is 17.6 Å². The summed E-state index contributed by atoms with van der Waals surface area (Å²) in [5.74, 6) is -0.198. The van der Waals surface area contributed by atoms with Gasteiger partial charge in [-0.15, -0.1) is 0 Å². The number of hydrogen-bond donors (Lipinski definition) is 0. The monoisotopic (exact) mass is 396 g/mol. The minimum atomic E-state index is -0.678. The van der Waals surface area contributed by atoms with Crippen molar-refractivity contribution in [1.29, 1.82) is 0 Å². The van der Waals surface area contributed by atoms with Crippen molar-refractivity contribution in [3.05, 3.63) is 47.5 Å². The molecule has 0 amide bonds. The molecule has 1 saturated carbocycles. The van der Waals surface area contributed by atoms with Crippen molar-refractivity contribution in [3.8, 4) is 11.4 Å². The van der Waals surface area contributed by atoms with Gasteiger partial charge < -0.3 is 0 Å². The standard InChI is InChI=1S/C11H7F3N2.C11H21F/c1-6-9(13)2-7(3-10(6)14)11-15-4-8(12)5-16-11;1-2-3-10-4-6-11(7-5-10)8-9-12/h2-5H,1H3;10-11H,2-9H2,1H3. The second kappa shape index (κ2) is 11.1. The second-order valence-corrected chi connectivity index (χ2v) is 7.44. The molecule has 0 atom stereocenters. The van der Waals surface area contributed by atoms with Crippen molar-refractivity contribution in [2.45, 2.75) is 58.8 Å². The Kier molecular flexibility index (Phi) is 8.87. The van der Waals surface area contributed by atoms with Gasteiger partial charge in [0.25, 0.3) is 0 Å². The lowest BCUT2D eigenvalue weighted by atomic mass is 9.79. The SMILES string of the molecule is CCCC1CCC(CCF)CC1.Cc1c(F)cc(-c2ncc(F)cn2)cc1F. The smallest absolute Gasteiger partial charge is 0.159 e. The Hall–Kier alpha value is -1.98. The van der Waals surface area contributed by atoms with Crippen LogP contribution in [0.1, 0.15) is 57.4 Å². The van der Waals surface area contributed by atoms with Crippen LogP contribution >= 0.6 is 0 Å². The molecule has 0 radical (unpaired) electrons. The van der Waals surface area contributed by atoms with E-state index in [2.05, 4.69) is 16.9 Å². The number of hydrogen-bond acceptors (Lipinski definition) is 2. The van der Waals surface area contributed by atoms with Gasteiger partial charge in [-0.1, -0.05) is 45.4 Å². The Morgan fingerprint density at radius 3 is 1.86 bits per heavy atom. The normalized spacial score (nSPS) is 19.1. The molecule has 1 aliphatic carbocycles. The lowest BCUT2D eigenvalue weighted by molar-refractivity contribution is 0.238. The van der Waals surface area contributed by atoms with Crippen LogP contribution in [-0.4, -0.2) is 16.6 Å². The van der Waals surface area contributed by atoms with Gasteiger partial charge in [0, 0.05) is 11.1 Å². The Balaban J connectivity index is 0.000000209. The third-order valence-electron chi connectivity index (χ3n) is 5.34. The molecule has 28 heavy (non-hydrogen) atoms. The highest BCUT2D eigenvalue weighted by atomic mass is 19.1. The summed E-state index contributed by atoms with van der Waals surface area (Å²) in [7, 11) is 0. The average molecular weight is 396 g/mol. The maximum absolute atomic E-state index is 13.2. The summed E-state index contributed by atoms with van der Waals surface area (Å²) in [6.45, 7) is 3.48. The quantitative estimate of drug-likeness (QED) is 0.518. The van der Waals surface area contributed by atoms with Gasteiger partial charge in [-0.3, -0.25) is 4.39 Å². The van der Waals surface area contributed by atoms with Gasteiger partial charge in [0.1, 0.15) is 11.6 Å². The van der Waals surface area contributed by atoms with E-state index in [1.807, 2.05) is 0 Å². The fourth-order valence-corrected chi connectivity index (χ4v) is 3.61. The zero-order valence-electron chi connectivity index (χ0n) is 16.5. The number of alkyl halides is 1. The summed E-state index contributed by atoms with van der Waals surface area (Å²) in [6, 6.07) is 2.23. The van der Waals surface area contributed by atoms with Crippen LogP contribution in [-0.2, 0) is 0 Å². The van der Waals surface area contributed by atoms with Gasteiger partial charge in [-0.05, 0) is 37.3 Å². The van der Waals surface area contributed by atoms with Crippen LogP contribution in [0.5, 0.6) is 0 Å². The molecular weight excluding hydrogens is 368 g/mol. The first-order valence-electron chi connectivity index (χ1n) is 9.94. The van der Waals surface area contributed by atoms with Crippen LogP contribution in [0.25, 0.3) is 11.4 Å². The Bertz CT molecular complexity index is 689. The molecule has 1 aromatic heterocycles. The van der Waals surface area contributed by atoms with E-state index in [-0.39, 0.29) is 23.6 Å². The van der Waals surface area contributed by atoms with Gasteiger partial charge >= 0.3 is 0 Å². The topological polar surface area (TPSA) is 25.8 Å². The predicted octanol–water partition coefficient (Wildman–Crippen LogP) is 6.82. The third kappa shape index (κ3) is 6.57. The van der Waals surface area contributed by atoms with E-state index in [1.165, 1.54) is 45.4 Å². The van der Waals surface area contributed by atoms with Crippen molar-refractivity contribution in [1.82, 2.24) is 9.97 Å². The van der Waals surface area contributed by atoms with Crippen molar-refractivity contribution >= 4 is 0 Å². The fraction of sp³-hybridized carbons (Fsp3) is 0.545. The predicted molar refractivity (Wildman–Crippen MR) is 103 cm³/mol. The second-order valence-electron chi connectivity index (χ2n) is 7.44. The van der Waals surface area contributed by atoms with Crippen LogP contribution < -0.4 is 0 Å². The molecule has 1 aromatic carbocycles. The van der Waals surface area contributed by atoms with Crippen molar-refractivity contribution < 1.29 is 17.6 Å². The molecule has 0 saturated heterocycles. The van der Waals surface area contributed by atoms with E-state index in [0.29, 0.717) is 5.92 Å². The molecule has 1 heterocycles. The lowest BCUT2D eigenvalue weighted by Crippen LogP contribution is -2.14.